The number of nitrogens with one attached hydrogen (secondary N) is 1. The smallest absolute Gasteiger partial charge is 0.162 e. The van der Waals surface area contributed by atoms with Gasteiger partial charge in [-0.2, -0.15) is 5.10 Å². The molecule has 5 nitrogen and oxygen atoms in total. The van der Waals surface area contributed by atoms with E-state index in [1.54, 1.807) is 0 Å². The molecule has 1 aliphatic carbocycles. The first kappa shape index (κ1) is 13.3. The number of nitrogen functional groups attached to an aromatic ring is 1. The maximum absolute atomic E-state index is 7.97. The number of fused-ring (bicyclic) bond motifs is 2. The summed E-state index contributed by atoms with van der Waals surface area (Å²) in [6.45, 7) is 5.22. The topological polar surface area (TPSA) is 78.9 Å². The van der Waals surface area contributed by atoms with Crippen molar-refractivity contribution in [2.24, 2.45) is 11.7 Å². The van der Waals surface area contributed by atoms with E-state index in [1.165, 1.54) is 19.3 Å². The second-order valence-electron chi connectivity index (χ2n) is 5.93. The average molecular weight is 273 g/mol. The maximum Gasteiger partial charge on any atom is 0.162 e. The Bertz CT molecular complexity index is 539. The minimum Gasteiger partial charge on any atom is -0.384 e. The van der Waals surface area contributed by atoms with E-state index in [-0.39, 0.29) is 5.84 Å². The third-order valence-corrected chi connectivity index (χ3v) is 4.78. The van der Waals surface area contributed by atoms with Crippen LogP contribution in [0.1, 0.15) is 49.9 Å². The Hall–Kier alpha value is -1.65. The van der Waals surface area contributed by atoms with Crippen LogP contribution < -0.4 is 10.6 Å². The van der Waals surface area contributed by atoms with Crippen molar-refractivity contribution in [1.29, 1.82) is 5.41 Å². The maximum atomic E-state index is 7.97. The zero-order valence-corrected chi connectivity index (χ0v) is 12.3. The molecular weight excluding hydrogens is 250 g/mol. The summed E-state index contributed by atoms with van der Waals surface area (Å²) in [7, 11) is 0. The van der Waals surface area contributed by atoms with Crippen LogP contribution in [0, 0.1) is 11.3 Å². The van der Waals surface area contributed by atoms with Crippen LogP contribution >= 0.6 is 0 Å². The van der Waals surface area contributed by atoms with E-state index in [0.717, 1.165) is 47.9 Å². The van der Waals surface area contributed by atoms with Crippen LogP contribution in [0.3, 0.4) is 0 Å². The van der Waals surface area contributed by atoms with Gasteiger partial charge in [0.2, 0.25) is 0 Å². The van der Waals surface area contributed by atoms with Gasteiger partial charge < -0.3 is 10.6 Å². The first-order valence-corrected chi connectivity index (χ1v) is 7.65. The summed E-state index contributed by atoms with van der Waals surface area (Å²) >= 11 is 0. The highest BCUT2D eigenvalue weighted by Gasteiger charge is 2.40. The van der Waals surface area contributed by atoms with Gasteiger partial charge in [-0.25, -0.2) is 0 Å². The van der Waals surface area contributed by atoms with Crippen LogP contribution in [0.25, 0.3) is 0 Å². The fourth-order valence-corrected chi connectivity index (χ4v) is 3.83. The molecule has 1 saturated carbocycles. The second-order valence-corrected chi connectivity index (χ2v) is 5.93. The molecule has 5 heteroatoms. The predicted octanol–water partition coefficient (Wildman–Crippen LogP) is 1.87. The molecule has 0 spiro atoms. The number of hydrogen-bond donors (Lipinski definition) is 2. The Balaban J connectivity index is 2.08. The van der Waals surface area contributed by atoms with E-state index in [4.69, 9.17) is 11.1 Å². The summed E-state index contributed by atoms with van der Waals surface area (Å²) < 4.78 is 0. The van der Waals surface area contributed by atoms with E-state index < -0.39 is 0 Å². The molecule has 1 aromatic rings. The molecule has 108 valence electrons. The van der Waals surface area contributed by atoms with Gasteiger partial charge in [-0.05, 0) is 43.6 Å². The van der Waals surface area contributed by atoms with E-state index in [1.807, 2.05) is 0 Å². The summed E-state index contributed by atoms with van der Waals surface area (Å²) in [5.74, 6) is 1.76. The molecule has 2 bridgehead atoms. The van der Waals surface area contributed by atoms with Gasteiger partial charge >= 0.3 is 0 Å². The Morgan fingerprint density at radius 2 is 2.10 bits per heavy atom. The van der Waals surface area contributed by atoms with Crippen molar-refractivity contribution < 1.29 is 0 Å². The number of hydrogen-bond acceptors (Lipinski definition) is 4. The number of anilines is 1. The van der Waals surface area contributed by atoms with E-state index >= 15 is 0 Å². The monoisotopic (exact) mass is 273 g/mol. The lowest BCUT2D eigenvalue weighted by atomic mass is 10.0. The lowest BCUT2D eigenvalue weighted by Crippen LogP contribution is -2.35. The van der Waals surface area contributed by atoms with Crippen molar-refractivity contribution in [2.75, 3.05) is 11.4 Å². The second kappa shape index (κ2) is 5.04. The molecule has 1 saturated heterocycles. The Labute approximate surface area is 120 Å². The van der Waals surface area contributed by atoms with Crippen molar-refractivity contribution in [3.8, 4) is 0 Å². The van der Waals surface area contributed by atoms with Crippen molar-refractivity contribution in [1.82, 2.24) is 10.2 Å². The number of nitrogens with zero attached hydrogens (tertiary/aromatic N) is 3. The number of aryl methyl sites for hydroxylation is 1. The van der Waals surface area contributed by atoms with E-state index in [2.05, 4.69) is 28.9 Å². The molecule has 0 radical (unpaired) electrons. The standard InChI is InChI=1S/C15H23N5/c1-3-11-12(4-2)18-19-15(13(11)14(16)17)20-8-9-5-6-10(20)7-9/h9-10H,3-8H2,1-2H3,(H3,16,17). The molecular formula is C15H23N5. The van der Waals surface area contributed by atoms with Crippen molar-refractivity contribution in [3.05, 3.63) is 16.8 Å². The molecule has 2 unspecified atom stereocenters. The zero-order chi connectivity index (χ0) is 14.3. The molecule has 0 amide bonds. The number of rotatable bonds is 4. The van der Waals surface area contributed by atoms with Crippen LogP contribution in [-0.2, 0) is 12.8 Å². The van der Waals surface area contributed by atoms with Gasteiger partial charge in [0, 0.05) is 12.6 Å². The minimum absolute atomic E-state index is 0.129. The van der Waals surface area contributed by atoms with Gasteiger partial charge in [0.1, 0.15) is 5.84 Å². The summed E-state index contributed by atoms with van der Waals surface area (Å²) in [6.07, 6.45) is 5.51. The predicted molar refractivity (Wildman–Crippen MR) is 80.3 cm³/mol. The highest BCUT2D eigenvalue weighted by molar-refractivity contribution is 6.01. The average Bonchev–Trinajstić information content (AvgIpc) is 3.07. The quantitative estimate of drug-likeness (QED) is 0.648. The number of amidine groups is 1. The highest BCUT2D eigenvalue weighted by Crippen LogP contribution is 2.40. The van der Waals surface area contributed by atoms with Crippen LogP contribution in [0.15, 0.2) is 0 Å². The lowest BCUT2D eigenvalue weighted by Gasteiger charge is -2.30. The van der Waals surface area contributed by atoms with Crippen LogP contribution in [0.2, 0.25) is 0 Å². The highest BCUT2D eigenvalue weighted by atomic mass is 15.3. The van der Waals surface area contributed by atoms with Gasteiger partial charge in [-0.15, -0.1) is 5.10 Å². The van der Waals surface area contributed by atoms with Gasteiger partial charge in [0.15, 0.2) is 5.82 Å². The largest absolute Gasteiger partial charge is 0.384 e. The number of nitrogens with two attached hydrogens (primary N) is 1. The van der Waals surface area contributed by atoms with Gasteiger partial charge in [-0.1, -0.05) is 13.8 Å². The van der Waals surface area contributed by atoms with Gasteiger partial charge in [0.25, 0.3) is 0 Å². The van der Waals surface area contributed by atoms with Crippen molar-refractivity contribution in [2.45, 2.75) is 52.0 Å². The molecule has 2 atom stereocenters. The molecule has 0 aromatic carbocycles. The normalized spacial score (nSPS) is 24.4. The molecule has 2 aliphatic rings. The molecule has 3 rings (SSSR count). The van der Waals surface area contributed by atoms with E-state index in [0.29, 0.717) is 6.04 Å². The molecule has 20 heavy (non-hydrogen) atoms. The van der Waals surface area contributed by atoms with Crippen LogP contribution in [-0.4, -0.2) is 28.6 Å². The summed E-state index contributed by atoms with van der Waals surface area (Å²) in [5.41, 5.74) is 8.78. The van der Waals surface area contributed by atoms with Gasteiger partial charge in [-0.3, -0.25) is 5.41 Å². The third-order valence-electron chi connectivity index (χ3n) is 4.78. The summed E-state index contributed by atoms with van der Waals surface area (Å²) in [4.78, 5) is 2.34. The van der Waals surface area contributed by atoms with E-state index in [9.17, 15) is 0 Å². The fourth-order valence-electron chi connectivity index (χ4n) is 3.83. The number of piperidine rings is 1. The summed E-state index contributed by atoms with van der Waals surface area (Å²) in [5, 5.41) is 16.8. The summed E-state index contributed by atoms with van der Waals surface area (Å²) in [6, 6.07) is 0.574. The van der Waals surface area contributed by atoms with Crippen molar-refractivity contribution in [3.63, 3.8) is 0 Å². The molecule has 1 aliphatic heterocycles. The number of aromatic nitrogens is 2. The lowest BCUT2D eigenvalue weighted by molar-refractivity contribution is 0.548. The first-order valence-electron chi connectivity index (χ1n) is 7.65. The van der Waals surface area contributed by atoms with Crippen molar-refractivity contribution >= 4 is 11.7 Å². The Morgan fingerprint density at radius 3 is 2.60 bits per heavy atom. The molecule has 2 heterocycles. The molecule has 3 N–H and O–H groups in total. The van der Waals surface area contributed by atoms with Gasteiger partial charge in [0.05, 0.1) is 11.3 Å². The SMILES string of the molecule is CCc1nnc(N2CC3CCC2C3)c(C(=N)N)c1CC. The molecule has 2 fully saturated rings. The first-order chi connectivity index (χ1) is 9.65. The Morgan fingerprint density at radius 1 is 1.30 bits per heavy atom. The fraction of sp³-hybridized carbons (Fsp3) is 0.667. The molecule has 1 aromatic heterocycles. The third kappa shape index (κ3) is 1.96. The Kier molecular flexibility index (Phi) is 3.36. The van der Waals surface area contributed by atoms with Crippen LogP contribution in [0.5, 0.6) is 0 Å². The zero-order valence-electron chi connectivity index (χ0n) is 12.3. The van der Waals surface area contributed by atoms with Crippen LogP contribution in [0.4, 0.5) is 5.82 Å². The minimum atomic E-state index is 0.129.